The van der Waals surface area contributed by atoms with Crippen molar-refractivity contribution in [2.45, 2.75) is 192 Å². The van der Waals surface area contributed by atoms with Crippen LogP contribution in [-0.4, -0.2) is 128 Å². The summed E-state index contributed by atoms with van der Waals surface area (Å²) in [5, 5.41) is 74.1. The van der Waals surface area contributed by atoms with E-state index in [1.54, 1.807) is 0 Å². The van der Waals surface area contributed by atoms with Crippen LogP contribution < -0.4 is 0 Å². The van der Waals surface area contributed by atoms with Crippen molar-refractivity contribution in [3.63, 3.8) is 0 Å². The first-order valence-corrected chi connectivity index (χ1v) is 20.1. The molecule has 7 N–H and O–H groups in total. The fourth-order valence-corrected chi connectivity index (χ4v) is 13.5. The zero-order valence-electron chi connectivity index (χ0n) is 32.6. The normalized spacial score (nSPS) is 56.5. The van der Waals surface area contributed by atoms with Gasteiger partial charge in [0.2, 0.25) is 0 Å². The lowest BCUT2D eigenvalue weighted by atomic mass is 9.35. The summed E-state index contributed by atoms with van der Waals surface area (Å²) < 4.78 is 31.9. The highest BCUT2D eigenvalue weighted by molar-refractivity contribution is 5.21. The van der Waals surface area contributed by atoms with E-state index in [0.717, 1.165) is 57.8 Å². The molecule has 7 rings (SSSR count). The van der Waals surface area contributed by atoms with Crippen LogP contribution in [0.1, 0.15) is 113 Å². The van der Waals surface area contributed by atoms with E-state index in [2.05, 4.69) is 41.5 Å². The molecule has 4 saturated carbocycles. The van der Waals surface area contributed by atoms with Gasteiger partial charge in [-0.15, -0.1) is 0 Å². The molecule has 3 saturated heterocycles. The van der Waals surface area contributed by atoms with Crippen molar-refractivity contribution >= 4 is 0 Å². The van der Waals surface area contributed by atoms with Crippen molar-refractivity contribution in [2.24, 2.45) is 45.3 Å². The Morgan fingerprint density at radius 2 is 1.21 bits per heavy atom. The Bertz CT molecular complexity index is 1310. The Morgan fingerprint density at radius 3 is 1.79 bits per heavy atom. The third-order valence-corrected chi connectivity index (χ3v) is 16.7. The van der Waals surface area contributed by atoms with Gasteiger partial charge in [-0.2, -0.15) is 0 Å². The van der Waals surface area contributed by atoms with E-state index >= 15 is 0 Å². The van der Waals surface area contributed by atoms with Gasteiger partial charge in [0.15, 0.2) is 12.6 Å². The fourth-order valence-electron chi connectivity index (χ4n) is 13.5. The molecular formula is C40H68O12. The van der Waals surface area contributed by atoms with E-state index in [1.807, 2.05) is 13.8 Å². The minimum atomic E-state index is -1.39. The average molecular weight is 741 g/mol. The maximum atomic E-state index is 11.1. The Kier molecular flexibility index (Phi) is 10.2. The van der Waals surface area contributed by atoms with Crippen LogP contribution in [0.2, 0.25) is 0 Å². The van der Waals surface area contributed by atoms with Crippen molar-refractivity contribution in [2.75, 3.05) is 13.2 Å². The molecule has 12 nitrogen and oxygen atoms in total. The Morgan fingerprint density at radius 1 is 0.635 bits per heavy atom. The molecule has 7 fully saturated rings. The molecule has 0 aromatic heterocycles. The van der Waals surface area contributed by atoms with Crippen LogP contribution in [0.25, 0.3) is 0 Å². The van der Waals surface area contributed by atoms with Crippen LogP contribution in [0.15, 0.2) is 0 Å². The lowest BCUT2D eigenvalue weighted by Crippen LogP contribution is -2.68. The summed E-state index contributed by atoms with van der Waals surface area (Å²) in [4.78, 5) is 0. The first-order chi connectivity index (χ1) is 24.1. The number of aliphatic hydroxyl groups excluding tert-OH is 6. The van der Waals surface area contributed by atoms with Gasteiger partial charge in [0.05, 0.1) is 42.7 Å². The van der Waals surface area contributed by atoms with E-state index < -0.39 is 60.4 Å². The first kappa shape index (κ1) is 39.7. The molecule has 19 unspecified atom stereocenters. The largest absolute Gasteiger partial charge is 0.388 e. The summed E-state index contributed by atoms with van der Waals surface area (Å²) in [5.41, 5.74) is -2.02. The lowest BCUT2D eigenvalue weighted by Gasteiger charge is -2.71. The van der Waals surface area contributed by atoms with Crippen LogP contribution in [0.5, 0.6) is 0 Å². The molecule has 0 amide bonds. The van der Waals surface area contributed by atoms with Crippen LogP contribution in [0.4, 0.5) is 0 Å². The maximum Gasteiger partial charge on any atom is 0.186 e. The Hall–Kier alpha value is -0.480. The highest BCUT2D eigenvalue weighted by Crippen LogP contribution is 2.76. The van der Waals surface area contributed by atoms with Gasteiger partial charge in [-0.1, -0.05) is 34.6 Å². The third-order valence-electron chi connectivity index (χ3n) is 16.7. The van der Waals surface area contributed by atoms with Gasteiger partial charge in [-0.05, 0) is 124 Å². The van der Waals surface area contributed by atoms with E-state index in [4.69, 9.17) is 23.7 Å². The van der Waals surface area contributed by atoms with Gasteiger partial charge in [0.25, 0.3) is 0 Å². The number of hydrogen-bond donors (Lipinski definition) is 7. The number of rotatable bonds is 6. The van der Waals surface area contributed by atoms with E-state index in [1.165, 1.54) is 0 Å². The molecule has 52 heavy (non-hydrogen) atoms. The van der Waals surface area contributed by atoms with Crippen molar-refractivity contribution in [1.82, 2.24) is 0 Å². The van der Waals surface area contributed by atoms with Gasteiger partial charge in [0.1, 0.15) is 36.6 Å². The molecule has 0 bridgehead atoms. The molecule has 300 valence electrons. The zero-order chi connectivity index (χ0) is 38.0. The molecule has 0 aromatic carbocycles. The second-order valence-corrected chi connectivity index (χ2v) is 20.2. The minimum Gasteiger partial charge on any atom is -0.388 e. The highest BCUT2D eigenvalue weighted by Gasteiger charge is 2.73. The summed E-state index contributed by atoms with van der Waals surface area (Å²) in [7, 11) is 0. The Balaban J connectivity index is 1.21. The van der Waals surface area contributed by atoms with Gasteiger partial charge < -0.3 is 59.4 Å². The first-order valence-electron chi connectivity index (χ1n) is 20.1. The molecule has 7 aliphatic rings. The number of hydrogen-bond acceptors (Lipinski definition) is 12. The zero-order valence-corrected chi connectivity index (χ0v) is 32.6. The van der Waals surface area contributed by atoms with Crippen molar-refractivity contribution < 1.29 is 59.4 Å². The molecule has 0 aromatic rings. The monoisotopic (exact) mass is 740 g/mol. The summed E-state index contributed by atoms with van der Waals surface area (Å²) in [5.74, 6) is 0.724. The predicted octanol–water partition coefficient (Wildman–Crippen LogP) is 2.64. The fraction of sp³-hybridized carbons (Fsp3) is 1.00. The van der Waals surface area contributed by atoms with Crippen molar-refractivity contribution in [3.05, 3.63) is 0 Å². The summed E-state index contributed by atoms with van der Waals surface area (Å²) in [6, 6.07) is 0. The smallest absolute Gasteiger partial charge is 0.186 e. The van der Waals surface area contributed by atoms with Crippen molar-refractivity contribution in [1.29, 1.82) is 0 Å². The van der Waals surface area contributed by atoms with Crippen LogP contribution in [0, 0.1) is 45.3 Å². The Labute approximate surface area is 309 Å². The number of ether oxygens (including phenoxy) is 5. The van der Waals surface area contributed by atoms with Crippen molar-refractivity contribution in [3.8, 4) is 0 Å². The van der Waals surface area contributed by atoms with Gasteiger partial charge >= 0.3 is 0 Å². The maximum absolute atomic E-state index is 11.1. The number of fused-ring (bicyclic) bond motifs is 5. The minimum absolute atomic E-state index is 0.0451. The van der Waals surface area contributed by atoms with Gasteiger partial charge in [-0.25, -0.2) is 0 Å². The lowest BCUT2D eigenvalue weighted by molar-refractivity contribution is -0.326. The topological polar surface area (TPSA) is 188 Å². The van der Waals surface area contributed by atoms with Crippen LogP contribution in [0.3, 0.4) is 0 Å². The van der Waals surface area contributed by atoms with Crippen LogP contribution in [-0.2, 0) is 23.7 Å². The third kappa shape index (κ3) is 5.99. The van der Waals surface area contributed by atoms with E-state index in [0.29, 0.717) is 0 Å². The summed E-state index contributed by atoms with van der Waals surface area (Å²) in [6.45, 7) is 17.5. The van der Waals surface area contributed by atoms with Crippen LogP contribution >= 0.6 is 0 Å². The quantitative estimate of drug-likeness (QED) is 0.198. The molecule has 0 spiro atoms. The molecule has 4 aliphatic carbocycles. The second-order valence-electron chi connectivity index (χ2n) is 20.2. The van der Waals surface area contributed by atoms with Gasteiger partial charge in [-0.3, -0.25) is 0 Å². The number of aliphatic hydroxyl groups is 7. The van der Waals surface area contributed by atoms with Gasteiger partial charge in [0, 0.05) is 0 Å². The van der Waals surface area contributed by atoms with E-state index in [-0.39, 0.29) is 76.9 Å². The predicted molar refractivity (Wildman–Crippen MR) is 188 cm³/mol. The molecule has 12 heteroatoms. The average Bonchev–Trinajstić information content (AvgIpc) is 3.66. The molecule has 3 aliphatic heterocycles. The summed E-state index contributed by atoms with van der Waals surface area (Å²) >= 11 is 0. The summed E-state index contributed by atoms with van der Waals surface area (Å²) in [6.07, 6.45) is -2.72. The molecule has 0 radical (unpaired) electrons. The molecule has 3 heterocycles. The SMILES string of the molecule is CC(C)(O)C1CCC(C)(C2CCC3(C)C2C(OC2OCC(O)C(O)C2O)CC2C4(C)CCC(OC5OCC(O)C(O)C5O)C(C)(C)C4CCC23C)O1. The molecule has 19 atom stereocenters. The standard InChI is InChI=1S/C40H68O12/c1-35(2)24-10-15-38(6)25(37(24,5)13-11-26(35)51-34-32(46)30(44)22(42)19-49-34)17-23(50-33-31(45)29(43)21(41)18-48-33)28-20(9-14-39(28,38)7)40(8)16-12-27(52-40)36(3,4)47/h20-34,41-47H,9-19H2,1-8H3. The van der Waals surface area contributed by atoms with E-state index in [9.17, 15) is 35.7 Å². The second kappa shape index (κ2) is 13.3. The molecular weight excluding hydrogens is 672 g/mol. The highest BCUT2D eigenvalue weighted by atomic mass is 16.7.